The largest absolute Gasteiger partial charge is 0.465 e. The van der Waals surface area contributed by atoms with E-state index >= 15 is 0 Å². The molecule has 24 heavy (non-hydrogen) atoms. The molecule has 1 saturated heterocycles. The van der Waals surface area contributed by atoms with Crippen LogP contribution in [0.2, 0.25) is 0 Å². The van der Waals surface area contributed by atoms with Gasteiger partial charge in [0.1, 0.15) is 11.5 Å². The fourth-order valence-electron chi connectivity index (χ4n) is 3.30. The number of nitrogens with zero attached hydrogens (tertiary/aromatic N) is 1. The van der Waals surface area contributed by atoms with Crippen molar-refractivity contribution in [1.82, 2.24) is 10.2 Å². The van der Waals surface area contributed by atoms with E-state index in [4.69, 9.17) is 4.42 Å². The minimum atomic E-state index is 0.0582. The number of piperidine rings is 1. The van der Waals surface area contributed by atoms with Crippen LogP contribution in [0.5, 0.6) is 0 Å². The van der Waals surface area contributed by atoms with Crippen LogP contribution >= 0.6 is 0 Å². The van der Waals surface area contributed by atoms with Crippen LogP contribution in [0, 0.1) is 12.8 Å². The molecule has 1 aromatic heterocycles. The average Bonchev–Trinajstić information content (AvgIpc) is 3.01. The van der Waals surface area contributed by atoms with Gasteiger partial charge in [-0.3, -0.25) is 9.69 Å². The minimum absolute atomic E-state index is 0.0582. The molecular formula is C20H26N2O2. The molecule has 1 fully saturated rings. The molecule has 1 amide bonds. The van der Waals surface area contributed by atoms with Gasteiger partial charge in [-0.25, -0.2) is 0 Å². The predicted molar refractivity (Wildman–Crippen MR) is 94.4 cm³/mol. The van der Waals surface area contributed by atoms with Gasteiger partial charge >= 0.3 is 0 Å². The zero-order chi connectivity index (χ0) is 16.9. The molecule has 2 aromatic rings. The zero-order valence-corrected chi connectivity index (χ0v) is 14.5. The molecule has 128 valence electrons. The lowest BCUT2D eigenvalue weighted by atomic mass is 9.95. The van der Waals surface area contributed by atoms with Crippen LogP contribution in [0.15, 0.2) is 46.9 Å². The van der Waals surface area contributed by atoms with E-state index in [1.54, 1.807) is 0 Å². The molecule has 0 saturated carbocycles. The maximum absolute atomic E-state index is 12.5. The number of furan rings is 1. The summed E-state index contributed by atoms with van der Waals surface area (Å²) in [5, 5.41) is 3.16. The molecule has 1 atom stereocenters. The third-order valence-electron chi connectivity index (χ3n) is 4.79. The molecule has 2 heterocycles. The fraction of sp³-hybridized carbons (Fsp3) is 0.450. The lowest BCUT2D eigenvalue weighted by Gasteiger charge is -2.31. The Morgan fingerprint density at radius 2 is 1.92 bits per heavy atom. The van der Waals surface area contributed by atoms with E-state index in [-0.39, 0.29) is 17.9 Å². The van der Waals surface area contributed by atoms with Crippen molar-refractivity contribution in [2.45, 2.75) is 39.3 Å². The Morgan fingerprint density at radius 3 is 2.54 bits per heavy atom. The van der Waals surface area contributed by atoms with E-state index in [0.717, 1.165) is 49.6 Å². The molecule has 0 bridgehead atoms. The standard InChI is InChI=1S/C20H26N2O2/c1-15-8-9-19(24-15)14-22-12-10-18(11-13-22)20(23)21-16(2)17-6-4-3-5-7-17/h3-9,16,18H,10-14H2,1-2H3,(H,21,23). The van der Waals surface area contributed by atoms with Crippen LogP contribution in [0.3, 0.4) is 0 Å². The van der Waals surface area contributed by atoms with E-state index in [1.807, 2.05) is 44.2 Å². The highest BCUT2D eigenvalue weighted by Gasteiger charge is 2.26. The van der Waals surface area contributed by atoms with E-state index in [0.29, 0.717) is 0 Å². The van der Waals surface area contributed by atoms with Crippen LogP contribution in [-0.4, -0.2) is 23.9 Å². The molecule has 1 unspecified atom stereocenters. The van der Waals surface area contributed by atoms with Crippen molar-refractivity contribution < 1.29 is 9.21 Å². The Bertz CT molecular complexity index is 657. The van der Waals surface area contributed by atoms with E-state index in [2.05, 4.69) is 22.3 Å². The second-order valence-corrected chi connectivity index (χ2v) is 6.70. The highest BCUT2D eigenvalue weighted by atomic mass is 16.3. The first kappa shape index (κ1) is 16.8. The van der Waals surface area contributed by atoms with Gasteiger partial charge < -0.3 is 9.73 Å². The second kappa shape index (κ2) is 7.67. The number of likely N-dealkylation sites (tertiary alicyclic amines) is 1. The van der Waals surface area contributed by atoms with Crippen molar-refractivity contribution >= 4 is 5.91 Å². The summed E-state index contributed by atoms with van der Waals surface area (Å²) in [7, 11) is 0. The maximum Gasteiger partial charge on any atom is 0.223 e. The number of amides is 1. The van der Waals surface area contributed by atoms with Crippen molar-refractivity contribution in [2.75, 3.05) is 13.1 Å². The van der Waals surface area contributed by atoms with E-state index in [9.17, 15) is 4.79 Å². The number of nitrogens with one attached hydrogen (secondary N) is 1. The summed E-state index contributed by atoms with van der Waals surface area (Å²) in [5.74, 6) is 2.26. The molecule has 4 nitrogen and oxygen atoms in total. The Hall–Kier alpha value is -2.07. The lowest BCUT2D eigenvalue weighted by molar-refractivity contribution is -0.127. The van der Waals surface area contributed by atoms with Crippen molar-refractivity contribution in [3.63, 3.8) is 0 Å². The van der Waals surface area contributed by atoms with Crippen molar-refractivity contribution in [3.8, 4) is 0 Å². The Kier molecular flexibility index (Phi) is 5.36. The summed E-state index contributed by atoms with van der Waals surface area (Å²) in [6.07, 6.45) is 1.82. The Balaban J connectivity index is 1.46. The lowest BCUT2D eigenvalue weighted by Crippen LogP contribution is -2.40. The third-order valence-corrected chi connectivity index (χ3v) is 4.79. The monoisotopic (exact) mass is 326 g/mol. The highest BCUT2D eigenvalue weighted by Crippen LogP contribution is 2.21. The van der Waals surface area contributed by atoms with Crippen LogP contribution in [0.25, 0.3) is 0 Å². The molecule has 1 aliphatic heterocycles. The summed E-state index contributed by atoms with van der Waals surface area (Å²) in [4.78, 5) is 14.9. The normalized spacial score (nSPS) is 17.6. The number of aryl methyl sites for hydroxylation is 1. The number of hydrogen-bond acceptors (Lipinski definition) is 3. The summed E-state index contributed by atoms with van der Waals surface area (Å²) in [5.41, 5.74) is 1.15. The van der Waals surface area contributed by atoms with Crippen molar-refractivity contribution in [1.29, 1.82) is 0 Å². The van der Waals surface area contributed by atoms with E-state index in [1.165, 1.54) is 0 Å². The Labute approximate surface area is 143 Å². The van der Waals surface area contributed by atoms with Gasteiger partial charge in [0.2, 0.25) is 5.91 Å². The summed E-state index contributed by atoms with van der Waals surface area (Å²) >= 11 is 0. The summed E-state index contributed by atoms with van der Waals surface area (Å²) < 4.78 is 5.64. The third kappa shape index (κ3) is 4.26. The van der Waals surface area contributed by atoms with Gasteiger partial charge in [0.05, 0.1) is 12.6 Å². The molecule has 1 aromatic carbocycles. The van der Waals surface area contributed by atoms with Gasteiger partial charge in [-0.1, -0.05) is 30.3 Å². The number of rotatable bonds is 5. The van der Waals surface area contributed by atoms with Crippen molar-refractivity contribution in [3.05, 3.63) is 59.5 Å². The molecule has 1 N–H and O–H groups in total. The van der Waals surface area contributed by atoms with Crippen LogP contribution in [0.4, 0.5) is 0 Å². The van der Waals surface area contributed by atoms with Gasteiger partial charge in [-0.15, -0.1) is 0 Å². The maximum atomic E-state index is 12.5. The quantitative estimate of drug-likeness (QED) is 0.912. The summed E-state index contributed by atoms with van der Waals surface area (Å²) in [6, 6.07) is 14.2. The van der Waals surface area contributed by atoms with Gasteiger partial charge in [-0.05, 0) is 57.5 Å². The number of carbonyl (C=O) groups excluding carboxylic acids is 1. The van der Waals surface area contributed by atoms with Crippen LogP contribution in [-0.2, 0) is 11.3 Å². The predicted octanol–water partition coefficient (Wildman–Crippen LogP) is 3.68. The molecule has 4 heteroatoms. The van der Waals surface area contributed by atoms with E-state index < -0.39 is 0 Å². The van der Waals surface area contributed by atoms with Crippen molar-refractivity contribution in [2.24, 2.45) is 5.92 Å². The second-order valence-electron chi connectivity index (χ2n) is 6.70. The topological polar surface area (TPSA) is 45.5 Å². The number of benzene rings is 1. The fourth-order valence-corrected chi connectivity index (χ4v) is 3.30. The smallest absolute Gasteiger partial charge is 0.223 e. The van der Waals surface area contributed by atoms with Crippen LogP contribution < -0.4 is 5.32 Å². The first-order chi connectivity index (χ1) is 11.6. The molecule has 0 radical (unpaired) electrons. The Morgan fingerprint density at radius 1 is 1.21 bits per heavy atom. The first-order valence-electron chi connectivity index (χ1n) is 8.75. The SMILES string of the molecule is Cc1ccc(CN2CCC(C(=O)NC(C)c3ccccc3)CC2)o1. The van der Waals surface area contributed by atoms with Gasteiger partial charge in [-0.2, -0.15) is 0 Å². The number of hydrogen-bond donors (Lipinski definition) is 1. The molecule has 0 spiro atoms. The van der Waals surface area contributed by atoms with Gasteiger partial charge in [0, 0.05) is 5.92 Å². The molecule has 1 aliphatic rings. The molecular weight excluding hydrogens is 300 g/mol. The highest BCUT2D eigenvalue weighted by molar-refractivity contribution is 5.79. The van der Waals surface area contributed by atoms with Crippen LogP contribution in [0.1, 0.15) is 42.9 Å². The average molecular weight is 326 g/mol. The van der Waals surface area contributed by atoms with Gasteiger partial charge in [0.25, 0.3) is 0 Å². The van der Waals surface area contributed by atoms with Gasteiger partial charge in [0.15, 0.2) is 0 Å². The number of carbonyl (C=O) groups is 1. The zero-order valence-electron chi connectivity index (χ0n) is 14.5. The molecule has 0 aliphatic carbocycles. The summed E-state index contributed by atoms with van der Waals surface area (Å²) in [6.45, 7) is 6.73. The minimum Gasteiger partial charge on any atom is -0.465 e. The molecule has 3 rings (SSSR count). The first-order valence-corrected chi connectivity index (χ1v) is 8.75.